The van der Waals surface area contributed by atoms with Crippen molar-refractivity contribution in [3.63, 3.8) is 0 Å². The Hall–Kier alpha value is -1.50. The molecular formula is C12H18N3O3-. The van der Waals surface area contributed by atoms with E-state index < -0.39 is 0 Å². The van der Waals surface area contributed by atoms with Gasteiger partial charge in [-0.05, 0) is 12.1 Å². The molecule has 1 aliphatic heterocycles. The van der Waals surface area contributed by atoms with E-state index in [1.807, 2.05) is 0 Å². The molecule has 0 unspecified atom stereocenters. The Labute approximate surface area is 106 Å². The zero-order chi connectivity index (χ0) is 12.8. The summed E-state index contributed by atoms with van der Waals surface area (Å²) in [5.74, 6) is 0.649. The van der Waals surface area contributed by atoms with Gasteiger partial charge >= 0.3 is 0 Å². The summed E-state index contributed by atoms with van der Waals surface area (Å²) >= 11 is 0. The highest BCUT2D eigenvalue weighted by Crippen LogP contribution is 2.24. The molecule has 0 atom stereocenters. The lowest BCUT2D eigenvalue weighted by Crippen LogP contribution is -2.38. The van der Waals surface area contributed by atoms with Gasteiger partial charge in [-0.15, -0.1) is 0 Å². The Morgan fingerprint density at radius 2 is 2.17 bits per heavy atom. The molecule has 0 amide bonds. The Morgan fingerprint density at radius 1 is 1.39 bits per heavy atom. The first kappa shape index (κ1) is 12.9. The first-order valence-corrected chi connectivity index (χ1v) is 6.00. The van der Waals surface area contributed by atoms with Gasteiger partial charge < -0.3 is 25.9 Å². The van der Waals surface area contributed by atoms with Gasteiger partial charge in [0.25, 0.3) is 0 Å². The van der Waals surface area contributed by atoms with Crippen molar-refractivity contribution in [1.82, 2.24) is 4.90 Å². The number of morpholine rings is 1. The van der Waals surface area contributed by atoms with E-state index in [0.29, 0.717) is 23.7 Å². The van der Waals surface area contributed by atoms with Crippen LogP contribution in [0.4, 0.5) is 11.4 Å². The molecule has 0 aromatic heterocycles. The highest BCUT2D eigenvalue weighted by atomic mass is 16.5. The summed E-state index contributed by atoms with van der Waals surface area (Å²) in [4.78, 5) is 2.29. The minimum Gasteiger partial charge on any atom is -0.761 e. The molecule has 6 nitrogen and oxygen atoms in total. The lowest BCUT2D eigenvalue weighted by Gasteiger charge is -2.26. The molecule has 1 saturated heterocycles. The van der Waals surface area contributed by atoms with Crippen LogP contribution in [0.1, 0.15) is 0 Å². The predicted octanol–water partition coefficient (Wildman–Crippen LogP) is 0.889. The summed E-state index contributed by atoms with van der Waals surface area (Å²) in [6.45, 7) is 4.89. The maximum Gasteiger partial charge on any atom is 0.121 e. The van der Waals surface area contributed by atoms with Crippen LogP contribution in [0.5, 0.6) is 5.75 Å². The fourth-order valence-electron chi connectivity index (χ4n) is 1.83. The fourth-order valence-corrected chi connectivity index (χ4v) is 1.83. The summed E-state index contributed by atoms with van der Waals surface area (Å²) in [6, 6.07) is 5.03. The number of rotatable bonds is 5. The van der Waals surface area contributed by atoms with Gasteiger partial charge in [0.1, 0.15) is 12.4 Å². The van der Waals surface area contributed by atoms with Gasteiger partial charge in [-0.2, -0.15) is 0 Å². The number of benzene rings is 1. The van der Waals surface area contributed by atoms with Gasteiger partial charge in [-0.25, -0.2) is 0 Å². The van der Waals surface area contributed by atoms with Crippen molar-refractivity contribution >= 4 is 11.4 Å². The van der Waals surface area contributed by atoms with Gasteiger partial charge in [0.05, 0.1) is 24.6 Å². The molecular weight excluding hydrogens is 234 g/mol. The van der Waals surface area contributed by atoms with Crippen molar-refractivity contribution < 1.29 is 9.47 Å². The monoisotopic (exact) mass is 252 g/mol. The van der Waals surface area contributed by atoms with Crippen molar-refractivity contribution in [1.29, 1.82) is 0 Å². The van der Waals surface area contributed by atoms with E-state index in [1.165, 1.54) is 0 Å². The topological polar surface area (TPSA) is 82.8 Å². The zero-order valence-corrected chi connectivity index (χ0v) is 10.2. The van der Waals surface area contributed by atoms with Crippen LogP contribution in [0, 0.1) is 5.21 Å². The Kier molecular flexibility index (Phi) is 4.63. The molecule has 100 valence electrons. The SMILES string of the molecule is Nc1ccc(OCCN2CCOCC2)cc1N[O-]. The van der Waals surface area contributed by atoms with Crippen LogP contribution in [-0.4, -0.2) is 44.4 Å². The molecule has 1 aromatic carbocycles. The smallest absolute Gasteiger partial charge is 0.121 e. The summed E-state index contributed by atoms with van der Waals surface area (Å²) in [5.41, 5.74) is 8.17. The Bertz CT molecular complexity index is 381. The van der Waals surface area contributed by atoms with Crippen LogP contribution < -0.4 is 16.0 Å². The van der Waals surface area contributed by atoms with E-state index >= 15 is 0 Å². The second-order valence-corrected chi connectivity index (χ2v) is 4.15. The van der Waals surface area contributed by atoms with Crippen LogP contribution in [-0.2, 0) is 4.74 Å². The predicted molar refractivity (Wildman–Crippen MR) is 70.6 cm³/mol. The number of nitrogens with two attached hydrogens (primary N) is 1. The molecule has 0 aliphatic carbocycles. The van der Waals surface area contributed by atoms with Crippen molar-refractivity contribution in [2.75, 3.05) is 50.7 Å². The third kappa shape index (κ3) is 3.49. The van der Waals surface area contributed by atoms with Crippen LogP contribution in [0.3, 0.4) is 0 Å². The summed E-state index contributed by atoms with van der Waals surface area (Å²) in [6.07, 6.45) is 0. The maximum atomic E-state index is 10.6. The van der Waals surface area contributed by atoms with Gasteiger partial charge in [-0.3, -0.25) is 4.90 Å². The molecule has 1 fully saturated rings. The van der Waals surface area contributed by atoms with E-state index in [1.54, 1.807) is 23.7 Å². The summed E-state index contributed by atoms with van der Waals surface area (Å²) < 4.78 is 10.9. The Morgan fingerprint density at radius 3 is 2.89 bits per heavy atom. The van der Waals surface area contributed by atoms with Crippen LogP contribution >= 0.6 is 0 Å². The van der Waals surface area contributed by atoms with Gasteiger partial charge in [-0.1, -0.05) is 0 Å². The molecule has 1 aromatic rings. The van der Waals surface area contributed by atoms with Crippen molar-refractivity contribution in [3.8, 4) is 5.75 Å². The molecule has 18 heavy (non-hydrogen) atoms. The number of nitrogen functional groups attached to an aromatic ring is 1. The van der Waals surface area contributed by atoms with Crippen molar-refractivity contribution in [2.24, 2.45) is 0 Å². The lowest BCUT2D eigenvalue weighted by molar-refractivity contribution is 0.0322. The molecule has 6 heteroatoms. The average Bonchev–Trinajstić information content (AvgIpc) is 2.42. The minimum atomic E-state index is 0.346. The van der Waals surface area contributed by atoms with E-state index in [2.05, 4.69) is 4.90 Å². The van der Waals surface area contributed by atoms with E-state index in [0.717, 1.165) is 32.8 Å². The quantitative estimate of drug-likeness (QED) is 0.598. The highest BCUT2D eigenvalue weighted by molar-refractivity contribution is 5.68. The maximum absolute atomic E-state index is 10.6. The molecule has 0 spiro atoms. The average molecular weight is 252 g/mol. The number of nitrogens with one attached hydrogen (secondary N) is 1. The van der Waals surface area contributed by atoms with E-state index in [4.69, 9.17) is 15.2 Å². The van der Waals surface area contributed by atoms with Crippen LogP contribution in [0.2, 0.25) is 0 Å². The Balaban J connectivity index is 1.79. The largest absolute Gasteiger partial charge is 0.761 e. The lowest BCUT2D eigenvalue weighted by atomic mass is 10.2. The van der Waals surface area contributed by atoms with Crippen molar-refractivity contribution in [3.05, 3.63) is 23.4 Å². The molecule has 0 radical (unpaired) electrons. The van der Waals surface area contributed by atoms with Gasteiger partial charge in [0, 0.05) is 25.7 Å². The molecule has 0 saturated carbocycles. The van der Waals surface area contributed by atoms with Gasteiger partial charge in [0.2, 0.25) is 0 Å². The second kappa shape index (κ2) is 6.44. The number of nitrogens with zero attached hydrogens (tertiary/aromatic N) is 1. The van der Waals surface area contributed by atoms with Crippen LogP contribution in [0.25, 0.3) is 0 Å². The number of ether oxygens (including phenoxy) is 2. The molecule has 1 aliphatic rings. The zero-order valence-electron chi connectivity index (χ0n) is 10.2. The summed E-state index contributed by atoms with van der Waals surface area (Å²) in [5, 5.41) is 10.6. The minimum absolute atomic E-state index is 0.346. The molecule has 0 bridgehead atoms. The van der Waals surface area contributed by atoms with Crippen LogP contribution in [0.15, 0.2) is 18.2 Å². The highest BCUT2D eigenvalue weighted by Gasteiger charge is 2.09. The third-order valence-corrected chi connectivity index (χ3v) is 2.91. The first-order valence-electron chi connectivity index (χ1n) is 6.00. The normalized spacial score (nSPS) is 16.5. The third-order valence-electron chi connectivity index (χ3n) is 2.91. The first-order chi connectivity index (χ1) is 8.79. The number of anilines is 2. The van der Waals surface area contributed by atoms with Gasteiger partial charge in [0.15, 0.2) is 0 Å². The van der Waals surface area contributed by atoms with E-state index in [-0.39, 0.29) is 0 Å². The second-order valence-electron chi connectivity index (χ2n) is 4.15. The molecule has 3 N–H and O–H groups in total. The molecule has 2 rings (SSSR count). The van der Waals surface area contributed by atoms with Crippen molar-refractivity contribution in [2.45, 2.75) is 0 Å². The molecule has 1 heterocycles. The number of hydrogen-bond donors (Lipinski definition) is 2. The number of hydrogen-bond acceptors (Lipinski definition) is 6. The fraction of sp³-hybridized carbons (Fsp3) is 0.500. The van der Waals surface area contributed by atoms with E-state index in [9.17, 15) is 5.21 Å². The summed E-state index contributed by atoms with van der Waals surface area (Å²) in [7, 11) is 0. The standard InChI is InChI=1S/C12H18N3O3/c13-11-2-1-10(9-12(11)14-16)18-8-5-15-3-6-17-7-4-15/h1-2,9,14H,3-8,13H2/q-1.